The molecule has 10 heteroatoms. The summed E-state index contributed by atoms with van der Waals surface area (Å²) in [7, 11) is -3.84. The number of benzene rings is 2. The third-order valence-electron chi connectivity index (χ3n) is 4.38. The van der Waals surface area contributed by atoms with Crippen LogP contribution in [0.15, 0.2) is 81.5 Å². The lowest BCUT2D eigenvalue weighted by atomic mass is 10.1. The van der Waals surface area contributed by atoms with E-state index in [1.165, 1.54) is 35.6 Å². The van der Waals surface area contributed by atoms with Crippen molar-refractivity contribution in [3.63, 3.8) is 0 Å². The van der Waals surface area contributed by atoms with Crippen LogP contribution in [0.5, 0.6) is 0 Å². The highest BCUT2D eigenvalue weighted by Gasteiger charge is 2.15. The van der Waals surface area contributed by atoms with Crippen molar-refractivity contribution < 1.29 is 26.9 Å². The third-order valence-corrected chi connectivity index (χ3v) is 6.66. The van der Waals surface area contributed by atoms with Crippen molar-refractivity contribution in [2.45, 2.75) is 17.9 Å². The molecule has 4 rings (SSSR count). The summed E-state index contributed by atoms with van der Waals surface area (Å²) in [4.78, 5) is 13.0. The van der Waals surface area contributed by atoms with Crippen molar-refractivity contribution in [2.24, 2.45) is 0 Å². The molecule has 0 bridgehead atoms. The minimum atomic E-state index is -3.84. The van der Waals surface area contributed by atoms with E-state index in [1.54, 1.807) is 18.2 Å². The van der Waals surface area contributed by atoms with E-state index in [2.05, 4.69) is 9.88 Å². The first kappa shape index (κ1) is 21.7. The maximum atomic E-state index is 13.0. The largest absolute Gasteiger partial charge is 0.459 e. The van der Waals surface area contributed by atoms with Crippen molar-refractivity contribution in [1.82, 2.24) is 5.16 Å². The van der Waals surface area contributed by atoms with Crippen LogP contribution in [0.4, 0.5) is 10.1 Å². The molecule has 0 radical (unpaired) electrons. The molecule has 0 saturated carbocycles. The van der Waals surface area contributed by atoms with E-state index >= 15 is 0 Å². The first-order valence-corrected chi connectivity index (χ1v) is 11.8. The zero-order valence-corrected chi connectivity index (χ0v) is 18.2. The van der Waals surface area contributed by atoms with Gasteiger partial charge < -0.3 is 9.26 Å². The maximum Gasteiger partial charge on any atom is 0.310 e. The van der Waals surface area contributed by atoms with Gasteiger partial charge in [-0.3, -0.25) is 9.52 Å². The molecule has 164 valence electrons. The smallest absolute Gasteiger partial charge is 0.310 e. The minimum Gasteiger partial charge on any atom is -0.459 e. The monoisotopic (exact) mass is 472 g/mol. The van der Waals surface area contributed by atoms with Gasteiger partial charge in [0.2, 0.25) is 0 Å². The first-order valence-electron chi connectivity index (χ1n) is 9.41. The number of sulfonamides is 1. The summed E-state index contributed by atoms with van der Waals surface area (Å²) in [6, 6.07) is 16.4. The third kappa shape index (κ3) is 5.40. The zero-order valence-electron chi connectivity index (χ0n) is 16.5. The van der Waals surface area contributed by atoms with Crippen molar-refractivity contribution in [2.75, 3.05) is 4.72 Å². The maximum absolute atomic E-state index is 13.0. The van der Waals surface area contributed by atoms with E-state index in [0.29, 0.717) is 22.7 Å². The topological polar surface area (TPSA) is 98.5 Å². The summed E-state index contributed by atoms with van der Waals surface area (Å²) in [6.45, 7) is -0.0107. The Labute approximate surface area is 187 Å². The number of aromatic nitrogens is 1. The second-order valence-electron chi connectivity index (χ2n) is 6.75. The van der Waals surface area contributed by atoms with E-state index in [1.807, 2.05) is 17.5 Å². The lowest BCUT2D eigenvalue weighted by Gasteiger charge is -2.09. The molecule has 1 N–H and O–H groups in total. The van der Waals surface area contributed by atoms with Crippen molar-refractivity contribution in [3.8, 4) is 10.6 Å². The normalized spacial score (nSPS) is 11.3. The van der Waals surface area contributed by atoms with E-state index in [-0.39, 0.29) is 17.9 Å². The molecule has 0 aliphatic rings. The highest BCUT2D eigenvalue weighted by molar-refractivity contribution is 7.92. The van der Waals surface area contributed by atoms with Gasteiger partial charge in [0.15, 0.2) is 5.76 Å². The molecule has 7 nitrogen and oxygen atoms in total. The summed E-state index contributed by atoms with van der Waals surface area (Å²) in [5, 5.41) is 5.82. The number of carbonyl (C=O) groups excluding carboxylic acids is 1. The number of carbonyl (C=O) groups is 1. The number of nitrogens with one attached hydrogen (secondary N) is 1. The molecule has 0 aliphatic heterocycles. The van der Waals surface area contributed by atoms with Gasteiger partial charge in [0.1, 0.15) is 18.1 Å². The Kier molecular flexibility index (Phi) is 6.33. The molecule has 2 aromatic heterocycles. The number of hydrogen-bond donors (Lipinski definition) is 1. The molecule has 0 unspecified atom stereocenters. The first-order chi connectivity index (χ1) is 15.4. The highest BCUT2D eigenvalue weighted by Crippen LogP contribution is 2.25. The Balaban J connectivity index is 1.30. The predicted molar refractivity (Wildman–Crippen MR) is 117 cm³/mol. The molecule has 0 spiro atoms. The van der Waals surface area contributed by atoms with Gasteiger partial charge in [-0.2, -0.15) is 0 Å². The van der Waals surface area contributed by atoms with Gasteiger partial charge in [-0.15, -0.1) is 11.3 Å². The average molecular weight is 473 g/mol. The van der Waals surface area contributed by atoms with Crippen LogP contribution in [0.25, 0.3) is 10.6 Å². The van der Waals surface area contributed by atoms with Crippen LogP contribution in [0.2, 0.25) is 0 Å². The van der Waals surface area contributed by atoms with E-state index in [9.17, 15) is 17.6 Å². The fourth-order valence-corrected chi connectivity index (χ4v) is 4.54. The average Bonchev–Trinajstić information content (AvgIpc) is 3.46. The molecule has 32 heavy (non-hydrogen) atoms. The fourth-order valence-electron chi connectivity index (χ4n) is 2.81. The van der Waals surface area contributed by atoms with Gasteiger partial charge in [0, 0.05) is 11.8 Å². The molecule has 4 aromatic rings. The van der Waals surface area contributed by atoms with Crippen molar-refractivity contribution in [3.05, 3.63) is 89.2 Å². The van der Waals surface area contributed by atoms with Gasteiger partial charge in [0.25, 0.3) is 10.0 Å². The van der Waals surface area contributed by atoms with Gasteiger partial charge >= 0.3 is 5.97 Å². The van der Waals surface area contributed by atoms with E-state index in [0.717, 1.165) is 17.0 Å². The summed E-state index contributed by atoms with van der Waals surface area (Å²) >= 11 is 1.52. The Bertz CT molecular complexity index is 1300. The highest BCUT2D eigenvalue weighted by atomic mass is 32.2. The van der Waals surface area contributed by atoms with Gasteiger partial charge in [0.05, 0.1) is 16.2 Å². The summed E-state index contributed by atoms with van der Waals surface area (Å²) in [5.41, 5.74) is 1.47. The Hall–Kier alpha value is -3.50. The lowest BCUT2D eigenvalue weighted by Crippen LogP contribution is -2.13. The molecule has 0 fully saturated rings. The Morgan fingerprint density at radius 2 is 1.84 bits per heavy atom. The Morgan fingerprint density at radius 1 is 1.09 bits per heavy atom. The van der Waals surface area contributed by atoms with Gasteiger partial charge in [-0.1, -0.05) is 23.4 Å². The van der Waals surface area contributed by atoms with Crippen LogP contribution in [0.3, 0.4) is 0 Å². The number of halogens is 1. The molecular formula is C22H17FN2O5S2. The second kappa shape index (κ2) is 9.33. The number of ether oxygens (including phenoxy) is 1. The van der Waals surface area contributed by atoms with Crippen LogP contribution in [-0.4, -0.2) is 19.5 Å². The molecule has 0 aliphatic carbocycles. The molecule has 2 aromatic carbocycles. The number of hydrogen-bond acceptors (Lipinski definition) is 7. The van der Waals surface area contributed by atoms with Crippen LogP contribution in [0, 0.1) is 5.82 Å². The second-order valence-corrected chi connectivity index (χ2v) is 9.38. The van der Waals surface area contributed by atoms with Crippen molar-refractivity contribution >= 4 is 33.0 Å². The van der Waals surface area contributed by atoms with Crippen LogP contribution in [0.1, 0.15) is 11.3 Å². The molecule has 2 heterocycles. The number of rotatable bonds is 8. The fraction of sp³-hybridized carbons (Fsp3) is 0.0909. The minimum absolute atomic E-state index is 0.0107. The number of thiophene rings is 1. The number of anilines is 1. The molecule has 0 amide bonds. The van der Waals surface area contributed by atoms with Gasteiger partial charge in [-0.05, 0) is 53.4 Å². The van der Waals surface area contributed by atoms with Crippen LogP contribution >= 0.6 is 11.3 Å². The van der Waals surface area contributed by atoms with E-state index < -0.39 is 21.8 Å². The quantitative estimate of drug-likeness (QED) is 0.376. The number of nitrogens with zero attached hydrogens (tertiary/aromatic N) is 1. The molecule has 0 atom stereocenters. The molecule has 0 saturated heterocycles. The standard InChI is InChI=1S/C22H17FN2O5S2/c23-16-5-9-19(10-6-16)32(27,28)25-17-7-3-15(4-8-17)12-22(26)29-14-18-13-20(30-24-18)21-2-1-11-31-21/h1-11,13,25H,12,14H2. The van der Waals surface area contributed by atoms with Crippen molar-refractivity contribution in [1.29, 1.82) is 0 Å². The predicted octanol–water partition coefficient (Wildman–Crippen LogP) is 4.63. The number of esters is 1. The summed E-state index contributed by atoms with van der Waals surface area (Å²) in [6.07, 6.45) is 0.0145. The SMILES string of the molecule is O=C(Cc1ccc(NS(=O)(=O)c2ccc(F)cc2)cc1)OCc1cc(-c2cccs2)on1. The lowest BCUT2D eigenvalue weighted by molar-refractivity contribution is -0.144. The summed E-state index contributed by atoms with van der Waals surface area (Å²) < 4.78 is 50.6. The van der Waals surface area contributed by atoms with Gasteiger partial charge in [-0.25, -0.2) is 12.8 Å². The summed E-state index contributed by atoms with van der Waals surface area (Å²) in [5.74, 6) is -0.360. The zero-order chi connectivity index (χ0) is 22.6. The van der Waals surface area contributed by atoms with E-state index in [4.69, 9.17) is 9.26 Å². The Morgan fingerprint density at radius 3 is 2.53 bits per heavy atom. The van der Waals surface area contributed by atoms with Crippen LogP contribution in [-0.2, 0) is 32.6 Å². The van der Waals surface area contributed by atoms with Crippen LogP contribution < -0.4 is 4.72 Å². The molecular weight excluding hydrogens is 455 g/mol.